The van der Waals surface area contributed by atoms with Crippen molar-refractivity contribution in [1.29, 1.82) is 0 Å². The topological polar surface area (TPSA) is 12.0 Å². The van der Waals surface area contributed by atoms with E-state index in [4.69, 9.17) is 0 Å². The number of rotatable bonds is 8. The second-order valence-electron chi connectivity index (χ2n) is 6.08. The molecule has 0 aromatic rings. The van der Waals surface area contributed by atoms with E-state index in [2.05, 4.69) is 44.8 Å². The van der Waals surface area contributed by atoms with Gasteiger partial charge in [0.2, 0.25) is 0 Å². The van der Waals surface area contributed by atoms with Crippen LogP contribution >= 0.6 is 11.8 Å². The minimum atomic E-state index is 0.457. The van der Waals surface area contributed by atoms with Crippen molar-refractivity contribution in [3.05, 3.63) is 0 Å². The molecule has 0 heterocycles. The van der Waals surface area contributed by atoms with E-state index in [9.17, 15) is 0 Å². The van der Waals surface area contributed by atoms with E-state index in [1.807, 2.05) is 0 Å². The van der Waals surface area contributed by atoms with Crippen LogP contribution in [0.3, 0.4) is 0 Å². The molecule has 1 unspecified atom stereocenters. The molecule has 1 atom stereocenters. The minimum Gasteiger partial charge on any atom is -0.314 e. The van der Waals surface area contributed by atoms with Crippen LogP contribution < -0.4 is 5.32 Å². The molecule has 96 valence electrons. The Kier molecular flexibility index (Phi) is 6.20. The van der Waals surface area contributed by atoms with Gasteiger partial charge in [0.15, 0.2) is 0 Å². The fraction of sp³-hybridized carbons (Fsp3) is 1.00. The molecule has 0 amide bonds. The highest BCUT2D eigenvalue weighted by molar-refractivity contribution is 7.99. The van der Waals surface area contributed by atoms with Gasteiger partial charge < -0.3 is 5.32 Å². The lowest BCUT2D eigenvalue weighted by Crippen LogP contribution is -2.33. The predicted molar refractivity (Wildman–Crippen MR) is 76.2 cm³/mol. The predicted octanol–water partition coefficient (Wildman–Crippen LogP) is 3.93. The number of hydrogen-bond donors (Lipinski definition) is 1. The van der Waals surface area contributed by atoms with Crippen molar-refractivity contribution in [2.75, 3.05) is 18.1 Å². The molecule has 2 heteroatoms. The van der Waals surface area contributed by atoms with Gasteiger partial charge in [-0.05, 0) is 55.1 Å². The summed E-state index contributed by atoms with van der Waals surface area (Å²) in [6.07, 6.45) is 5.58. The van der Waals surface area contributed by atoms with Gasteiger partial charge in [-0.2, -0.15) is 11.8 Å². The van der Waals surface area contributed by atoms with Gasteiger partial charge in [0, 0.05) is 6.04 Å². The van der Waals surface area contributed by atoms with E-state index < -0.39 is 0 Å². The quantitative estimate of drug-likeness (QED) is 0.648. The van der Waals surface area contributed by atoms with Gasteiger partial charge in [0.05, 0.1) is 0 Å². The van der Waals surface area contributed by atoms with Crippen LogP contribution in [0.5, 0.6) is 0 Å². The molecule has 1 aliphatic rings. The van der Waals surface area contributed by atoms with Crippen molar-refractivity contribution < 1.29 is 0 Å². The summed E-state index contributed by atoms with van der Waals surface area (Å²) in [6.45, 7) is 10.6. The van der Waals surface area contributed by atoms with E-state index in [-0.39, 0.29) is 0 Å². The summed E-state index contributed by atoms with van der Waals surface area (Å²) in [4.78, 5) is 0. The monoisotopic (exact) mass is 243 g/mol. The van der Waals surface area contributed by atoms with Crippen LogP contribution in [0, 0.1) is 11.3 Å². The van der Waals surface area contributed by atoms with Crippen molar-refractivity contribution >= 4 is 11.8 Å². The lowest BCUT2D eigenvalue weighted by molar-refractivity contribution is 0.217. The summed E-state index contributed by atoms with van der Waals surface area (Å²) in [5.41, 5.74) is 0.457. The molecule has 1 aliphatic carbocycles. The van der Waals surface area contributed by atoms with Gasteiger partial charge >= 0.3 is 0 Å². The second-order valence-corrected chi connectivity index (χ2v) is 7.48. The first kappa shape index (κ1) is 14.4. The Morgan fingerprint density at radius 1 is 1.31 bits per heavy atom. The van der Waals surface area contributed by atoms with E-state index >= 15 is 0 Å². The second kappa shape index (κ2) is 6.90. The van der Waals surface area contributed by atoms with E-state index in [0.29, 0.717) is 5.41 Å². The maximum Gasteiger partial charge on any atom is 0.00683 e. The van der Waals surface area contributed by atoms with E-state index in [1.54, 1.807) is 0 Å². The molecular formula is C14H29NS. The third-order valence-electron chi connectivity index (χ3n) is 3.50. The summed E-state index contributed by atoms with van der Waals surface area (Å²) >= 11 is 2.08. The Bertz CT molecular complexity index is 182. The summed E-state index contributed by atoms with van der Waals surface area (Å²) < 4.78 is 0. The highest BCUT2D eigenvalue weighted by Crippen LogP contribution is 2.31. The molecule has 0 aromatic carbocycles. The molecule has 16 heavy (non-hydrogen) atoms. The standard InChI is InChI=1S/C14H29NS/c1-5-16-10-6-7-12(14(2,3)4)11-15-13-8-9-13/h12-13,15H,5-11H2,1-4H3. The maximum atomic E-state index is 3.70. The zero-order valence-electron chi connectivity index (χ0n) is 11.5. The molecular weight excluding hydrogens is 214 g/mol. The number of nitrogens with one attached hydrogen (secondary N) is 1. The Balaban J connectivity index is 2.19. The summed E-state index contributed by atoms with van der Waals surface area (Å²) in [5.74, 6) is 3.44. The van der Waals surface area contributed by atoms with Gasteiger partial charge in [-0.15, -0.1) is 0 Å². The molecule has 0 radical (unpaired) electrons. The Morgan fingerprint density at radius 2 is 2.00 bits per heavy atom. The molecule has 0 saturated heterocycles. The SMILES string of the molecule is CCSCCCC(CNC1CC1)C(C)(C)C. The first-order valence-electron chi connectivity index (χ1n) is 6.85. The van der Waals surface area contributed by atoms with Crippen LogP contribution in [-0.2, 0) is 0 Å². The van der Waals surface area contributed by atoms with Crippen molar-refractivity contribution in [3.8, 4) is 0 Å². The molecule has 1 saturated carbocycles. The smallest absolute Gasteiger partial charge is 0.00683 e. The Morgan fingerprint density at radius 3 is 2.50 bits per heavy atom. The van der Waals surface area contributed by atoms with Gasteiger partial charge in [-0.1, -0.05) is 27.7 Å². The van der Waals surface area contributed by atoms with Crippen LogP contribution in [0.4, 0.5) is 0 Å². The zero-order chi connectivity index (χ0) is 12.0. The van der Waals surface area contributed by atoms with Crippen LogP contribution in [0.15, 0.2) is 0 Å². The van der Waals surface area contributed by atoms with Crippen molar-refractivity contribution in [1.82, 2.24) is 5.32 Å². The number of hydrogen-bond acceptors (Lipinski definition) is 2. The van der Waals surface area contributed by atoms with E-state index in [1.165, 1.54) is 43.7 Å². The molecule has 1 fully saturated rings. The van der Waals surface area contributed by atoms with Gasteiger partial charge in [0.25, 0.3) is 0 Å². The fourth-order valence-electron chi connectivity index (χ4n) is 2.01. The van der Waals surface area contributed by atoms with Crippen LogP contribution in [0.1, 0.15) is 53.4 Å². The molecule has 0 aliphatic heterocycles. The molecule has 0 bridgehead atoms. The Labute approximate surface area is 106 Å². The lowest BCUT2D eigenvalue weighted by atomic mass is 9.78. The maximum absolute atomic E-state index is 3.70. The molecule has 0 spiro atoms. The van der Waals surface area contributed by atoms with Crippen molar-refractivity contribution in [3.63, 3.8) is 0 Å². The highest BCUT2D eigenvalue weighted by atomic mass is 32.2. The largest absolute Gasteiger partial charge is 0.314 e. The van der Waals surface area contributed by atoms with Gasteiger partial charge in [-0.3, -0.25) is 0 Å². The molecule has 1 N–H and O–H groups in total. The van der Waals surface area contributed by atoms with E-state index in [0.717, 1.165) is 12.0 Å². The average Bonchev–Trinajstić information content (AvgIpc) is 2.98. The van der Waals surface area contributed by atoms with Crippen LogP contribution in [-0.4, -0.2) is 24.1 Å². The van der Waals surface area contributed by atoms with Gasteiger partial charge in [0.1, 0.15) is 0 Å². The van der Waals surface area contributed by atoms with Crippen molar-refractivity contribution in [2.24, 2.45) is 11.3 Å². The first-order valence-corrected chi connectivity index (χ1v) is 8.00. The first-order chi connectivity index (χ1) is 7.54. The molecule has 1 rings (SSSR count). The highest BCUT2D eigenvalue weighted by Gasteiger charge is 2.27. The average molecular weight is 243 g/mol. The third-order valence-corrected chi connectivity index (χ3v) is 4.49. The lowest BCUT2D eigenvalue weighted by Gasteiger charge is -2.31. The summed E-state index contributed by atoms with van der Waals surface area (Å²) in [6, 6.07) is 0.856. The fourth-order valence-corrected chi connectivity index (χ4v) is 2.67. The normalized spacial score (nSPS) is 18.8. The molecule has 1 nitrogen and oxygen atoms in total. The van der Waals surface area contributed by atoms with Crippen LogP contribution in [0.25, 0.3) is 0 Å². The van der Waals surface area contributed by atoms with Crippen LogP contribution in [0.2, 0.25) is 0 Å². The minimum absolute atomic E-state index is 0.457. The number of thioether (sulfide) groups is 1. The third kappa shape index (κ3) is 6.15. The summed E-state index contributed by atoms with van der Waals surface area (Å²) in [5, 5.41) is 3.70. The van der Waals surface area contributed by atoms with Crippen molar-refractivity contribution in [2.45, 2.75) is 59.4 Å². The Hall–Kier alpha value is 0.310. The summed E-state index contributed by atoms with van der Waals surface area (Å²) in [7, 11) is 0. The van der Waals surface area contributed by atoms with Gasteiger partial charge in [-0.25, -0.2) is 0 Å². The zero-order valence-corrected chi connectivity index (χ0v) is 12.3. The molecule has 0 aromatic heterocycles.